The van der Waals surface area contributed by atoms with Crippen molar-refractivity contribution in [3.05, 3.63) is 0 Å². The van der Waals surface area contributed by atoms with Crippen LogP contribution < -0.4 is 0 Å². The van der Waals surface area contributed by atoms with E-state index in [4.69, 9.17) is 9.84 Å². The van der Waals surface area contributed by atoms with Crippen LogP contribution in [0.5, 0.6) is 0 Å². The summed E-state index contributed by atoms with van der Waals surface area (Å²) in [6.45, 7) is 0. The quantitative estimate of drug-likeness (QED) is 0.755. The van der Waals surface area contributed by atoms with Crippen LogP contribution in [-0.4, -0.2) is 30.1 Å². The summed E-state index contributed by atoms with van der Waals surface area (Å²) in [5.41, 5.74) is 0. The van der Waals surface area contributed by atoms with Crippen LogP contribution >= 0.6 is 0 Å². The Morgan fingerprint density at radius 2 is 1.88 bits per heavy atom. The number of carbonyl (C=O) groups is 2. The molecule has 4 heteroatoms. The number of Topliss-reactive ketones (excluding diaryl/α,β-unsaturated/α-hetero) is 1. The highest BCUT2D eigenvalue weighted by molar-refractivity contribution is 5.86. The summed E-state index contributed by atoms with van der Waals surface area (Å²) < 4.78 is 5.24. The zero-order valence-corrected chi connectivity index (χ0v) is 9.78. The van der Waals surface area contributed by atoms with Crippen molar-refractivity contribution in [3.8, 4) is 0 Å². The number of ether oxygens (including phenoxy) is 1. The molecule has 0 bridgehead atoms. The lowest BCUT2D eigenvalue weighted by atomic mass is 9.83. The molecule has 0 spiro atoms. The molecule has 0 saturated heterocycles. The summed E-state index contributed by atoms with van der Waals surface area (Å²) in [7, 11) is 1.54. The lowest BCUT2D eigenvalue weighted by Crippen LogP contribution is -2.33. The third-order valence-corrected chi connectivity index (χ3v) is 3.23. The standard InChI is InChI=1S/C12H20O4/c1-16-12(9-5-3-2-4-6-9)10(13)7-8-11(14)15/h9,12H,2-8H2,1H3,(H,14,15). The molecule has 1 N–H and O–H groups in total. The van der Waals surface area contributed by atoms with E-state index in [0.29, 0.717) is 5.92 Å². The van der Waals surface area contributed by atoms with Crippen molar-refractivity contribution in [2.45, 2.75) is 51.0 Å². The Hall–Kier alpha value is -0.900. The Morgan fingerprint density at radius 3 is 2.38 bits per heavy atom. The van der Waals surface area contributed by atoms with Gasteiger partial charge in [0.05, 0.1) is 6.42 Å². The Bertz CT molecular complexity index is 243. The van der Waals surface area contributed by atoms with Gasteiger partial charge in [-0.05, 0) is 18.8 Å². The van der Waals surface area contributed by atoms with Gasteiger partial charge in [-0.2, -0.15) is 0 Å². The van der Waals surface area contributed by atoms with E-state index >= 15 is 0 Å². The zero-order chi connectivity index (χ0) is 12.0. The molecule has 1 saturated carbocycles. The lowest BCUT2D eigenvalue weighted by Gasteiger charge is -2.28. The van der Waals surface area contributed by atoms with E-state index in [1.807, 2.05) is 0 Å². The SMILES string of the molecule is COC(C(=O)CCC(=O)O)C1CCCCC1. The molecule has 0 aromatic heterocycles. The molecular weight excluding hydrogens is 208 g/mol. The van der Waals surface area contributed by atoms with Crippen LogP contribution in [0.2, 0.25) is 0 Å². The average Bonchev–Trinajstić information content (AvgIpc) is 2.29. The molecule has 0 amide bonds. The fourth-order valence-electron chi connectivity index (χ4n) is 2.40. The van der Waals surface area contributed by atoms with Crippen molar-refractivity contribution < 1.29 is 19.4 Å². The van der Waals surface area contributed by atoms with Crippen LogP contribution in [0.3, 0.4) is 0 Å². The molecule has 16 heavy (non-hydrogen) atoms. The molecule has 0 radical (unpaired) electrons. The molecule has 92 valence electrons. The van der Waals surface area contributed by atoms with E-state index in [0.717, 1.165) is 25.7 Å². The van der Waals surface area contributed by atoms with Gasteiger partial charge in [-0.15, -0.1) is 0 Å². The van der Waals surface area contributed by atoms with Gasteiger partial charge in [0.2, 0.25) is 0 Å². The fraction of sp³-hybridized carbons (Fsp3) is 0.833. The zero-order valence-electron chi connectivity index (χ0n) is 9.78. The molecule has 0 aromatic rings. The number of ketones is 1. The van der Waals surface area contributed by atoms with Gasteiger partial charge in [-0.1, -0.05) is 19.3 Å². The predicted octanol–water partition coefficient (Wildman–Crippen LogP) is 2.02. The summed E-state index contributed by atoms with van der Waals surface area (Å²) >= 11 is 0. The Morgan fingerprint density at radius 1 is 1.25 bits per heavy atom. The number of carboxylic acids is 1. The van der Waals surface area contributed by atoms with Crippen molar-refractivity contribution in [1.29, 1.82) is 0 Å². The van der Waals surface area contributed by atoms with Crippen LogP contribution in [0.25, 0.3) is 0 Å². The van der Waals surface area contributed by atoms with E-state index < -0.39 is 5.97 Å². The summed E-state index contributed by atoms with van der Waals surface area (Å²) in [6, 6.07) is 0. The summed E-state index contributed by atoms with van der Waals surface area (Å²) in [4.78, 5) is 22.2. The first-order chi connectivity index (χ1) is 7.65. The normalized spacial score (nSPS) is 19.3. The highest BCUT2D eigenvalue weighted by atomic mass is 16.5. The van der Waals surface area contributed by atoms with Crippen molar-refractivity contribution in [3.63, 3.8) is 0 Å². The van der Waals surface area contributed by atoms with Crippen LogP contribution in [0.1, 0.15) is 44.9 Å². The predicted molar refractivity (Wildman–Crippen MR) is 59.2 cm³/mol. The van der Waals surface area contributed by atoms with E-state index in [1.165, 1.54) is 13.5 Å². The van der Waals surface area contributed by atoms with Crippen LogP contribution in [0, 0.1) is 5.92 Å². The first-order valence-electron chi connectivity index (χ1n) is 5.92. The lowest BCUT2D eigenvalue weighted by molar-refractivity contribution is -0.141. The second kappa shape index (κ2) is 6.63. The molecule has 1 atom stereocenters. The van der Waals surface area contributed by atoms with E-state index in [2.05, 4.69) is 0 Å². The molecule has 4 nitrogen and oxygen atoms in total. The third-order valence-electron chi connectivity index (χ3n) is 3.23. The maximum absolute atomic E-state index is 11.8. The van der Waals surface area contributed by atoms with Crippen LogP contribution in [-0.2, 0) is 14.3 Å². The minimum Gasteiger partial charge on any atom is -0.481 e. The second-order valence-corrected chi connectivity index (χ2v) is 4.41. The number of aliphatic carboxylic acids is 1. The molecule has 0 heterocycles. The number of rotatable bonds is 6. The van der Waals surface area contributed by atoms with Gasteiger partial charge in [0.15, 0.2) is 5.78 Å². The Balaban J connectivity index is 2.44. The Kier molecular flexibility index (Phi) is 5.46. The van der Waals surface area contributed by atoms with Gasteiger partial charge in [-0.3, -0.25) is 9.59 Å². The number of carboxylic acid groups (broad SMARTS) is 1. The van der Waals surface area contributed by atoms with E-state index in [1.54, 1.807) is 0 Å². The van der Waals surface area contributed by atoms with Crippen molar-refractivity contribution in [1.82, 2.24) is 0 Å². The summed E-state index contributed by atoms with van der Waals surface area (Å²) in [5, 5.41) is 8.53. The van der Waals surface area contributed by atoms with Crippen molar-refractivity contribution in [2.24, 2.45) is 5.92 Å². The number of hydrogen-bond acceptors (Lipinski definition) is 3. The van der Waals surface area contributed by atoms with Gasteiger partial charge in [-0.25, -0.2) is 0 Å². The maximum atomic E-state index is 11.8. The van der Waals surface area contributed by atoms with Crippen LogP contribution in [0.15, 0.2) is 0 Å². The topological polar surface area (TPSA) is 63.6 Å². The van der Waals surface area contributed by atoms with Gasteiger partial charge in [0, 0.05) is 13.5 Å². The monoisotopic (exact) mass is 228 g/mol. The minimum atomic E-state index is -0.924. The highest BCUT2D eigenvalue weighted by Gasteiger charge is 2.29. The second-order valence-electron chi connectivity index (χ2n) is 4.41. The maximum Gasteiger partial charge on any atom is 0.303 e. The average molecular weight is 228 g/mol. The third kappa shape index (κ3) is 3.93. The van der Waals surface area contributed by atoms with Crippen molar-refractivity contribution >= 4 is 11.8 Å². The first-order valence-corrected chi connectivity index (χ1v) is 5.92. The van der Waals surface area contributed by atoms with E-state index in [-0.39, 0.29) is 24.7 Å². The molecular formula is C12H20O4. The summed E-state index contributed by atoms with van der Waals surface area (Å²) in [5.74, 6) is -0.691. The molecule has 1 fully saturated rings. The fourth-order valence-corrected chi connectivity index (χ4v) is 2.40. The molecule has 0 aliphatic heterocycles. The first kappa shape index (κ1) is 13.2. The van der Waals surface area contributed by atoms with Crippen LogP contribution in [0.4, 0.5) is 0 Å². The number of hydrogen-bond donors (Lipinski definition) is 1. The number of carbonyl (C=O) groups excluding carboxylic acids is 1. The number of methoxy groups -OCH3 is 1. The molecule has 1 aliphatic carbocycles. The molecule has 1 rings (SSSR count). The molecule has 0 aromatic carbocycles. The van der Waals surface area contributed by atoms with Gasteiger partial charge in [0.1, 0.15) is 6.10 Å². The highest BCUT2D eigenvalue weighted by Crippen LogP contribution is 2.28. The van der Waals surface area contributed by atoms with Gasteiger partial charge >= 0.3 is 5.97 Å². The van der Waals surface area contributed by atoms with Crippen molar-refractivity contribution in [2.75, 3.05) is 7.11 Å². The largest absolute Gasteiger partial charge is 0.481 e. The minimum absolute atomic E-state index is 0.0585. The Labute approximate surface area is 96.0 Å². The summed E-state index contributed by atoms with van der Waals surface area (Å²) in [6.07, 6.45) is 5.19. The van der Waals surface area contributed by atoms with E-state index in [9.17, 15) is 9.59 Å². The van der Waals surface area contributed by atoms with Gasteiger partial charge in [0.25, 0.3) is 0 Å². The molecule has 1 aliphatic rings. The smallest absolute Gasteiger partial charge is 0.303 e. The molecule has 1 unspecified atom stereocenters. The van der Waals surface area contributed by atoms with Gasteiger partial charge < -0.3 is 9.84 Å².